The smallest absolute Gasteiger partial charge is 0.429 e. The number of hydrogen-bond acceptors (Lipinski definition) is 6. The molecule has 0 aliphatic carbocycles. The molecule has 9 nitrogen and oxygen atoms in total. The fourth-order valence-corrected chi connectivity index (χ4v) is 3.08. The van der Waals surface area contributed by atoms with Crippen LogP contribution in [0.4, 0.5) is 5.69 Å². The van der Waals surface area contributed by atoms with Gasteiger partial charge in [0.2, 0.25) is 0 Å². The molecule has 0 unspecified atom stereocenters. The van der Waals surface area contributed by atoms with Crippen LogP contribution in [0.15, 0.2) is 18.2 Å². The molecular weight excluding hydrogens is 370 g/mol. The summed E-state index contributed by atoms with van der Waals surface area (Å²) in [6, 6.07) is 3.32. The van der Waals surface area contributed by atoms with Crippen molar-refractivity contribution >= 4 is 37.8 Å². The number of benzene rings is 1. The third-order valence-electron chi connectivity index (χ3n) is 2.93. The Morgan fingerprint density at radius 1 is 1.35 bits per heavy atom. The number of amides is 1. The van der Waals surface area contributed by atoms with Crippen molar-refractivity contribution in [3.8, 4) is 5.75 Å². The van der Waals surface area contributed by atoms with E-state index in [2.05, 4.69) is 5.32 Å². The van der Waals surface area contributed by atoms with E-state index in [1.54, 1.807) is 5.06 Å². The third-order valence-corrected chi connectivity index (χ3v) is 4.93. The van der Waals surface area contributed by atoms with Gasteiger partial charge in [-0.3, -0.25) is 0 Å². The summed E-state index contributed by atoms with van der Waals surface area (Å²) in [5, 5.41) is 21.6. The van der Waals surface area contributed by atoms with Gasteiger partial charge < -0.3 is 9.78 Å². The minimum absolute atomic E-state index is 0.00951. The minimum Gasteiger partial charge on any atom is -0.429 e. The number of hydrogen-bond donors (Lipinski definition) is 5. The molecule has 5 N–H and O–H groups in total. The molecule has 1 saturated heterocycles. The quantitative estimate of drug-likeness (QED) is 0.299. The van der Waals surface area contributed by atoms with Gasteiger partial charge in [-0.2, -0.15) is 0 Å². The molecular formula is C12H20AsBN2O7. The topological polar surface area (TPSA) is 140 Å². The molecule has 0 spiro atoms. The zero-order chi connectivity index (χ0) is 17.5. The average Bonchev–Trinajstić information content (AvgIpc) is 2.94. The Labute approximate surface area is 137 Å². The number of phenolic OH excluding ortho intramolecular Hbond substituents is 1. The Balaban J connectivity index is 0.000000277. The molecule has 1 heterocycles. The number of rotatable bonds is 4. The molecule has 0 saturated carbocycles. The van der Waals surface area contributed by atoms with Crippen LogP contribution in [0.25, 0.3) is 0 Å². The maximum absolute atomic E-state index is 10.9. The van der Waals surface area contributed by atoms with E-state index >= 15 is 0 Å². The number of aromatic hydroxyl groups is 1. The molecule has 0 bridgehead atoms. The van der Waals surface area contributed by atoms with E-state index in [1.807, 2.05) is 0 Å². The summed E-state index contributed by atoms with van der Waals surface area (Å²) in [5.74, 6) is -0.668. The predicted octanol–water partition coefficient (Wildman–Crippen LogP) is -1.82. The molecule has 1 aliphatic heterocycles. The molecule has 1 aromatic carbocycles. The van der Waals surface area contributed by atoms with Gasteiger partial charge in [0.25, 0.3) is 0 Å². The van der Waals surface area contributed by atoms with Gasteiger partial charge in [0, 0.05) is 13.1 Å². The number of nitrogens with one attached hydrogen (secondary N) is 1. The summed E-state index contributed by atoms with van der Waals surface area (Å²) in [4.78, 5) is 10.7. The van der Waals surface area contributed by atoms with Gasteiger partial charge in [0.15, 0.2) is 0 Å². The number of nitrogens with zero attached hydrogens (tertiary/aromatic N) is 1. The van der Waals surface area contributed by atoms with Crippen molar-refractivity contribution in [2.45, 2.75) is 19.8 Å². The van der Waals surface area contributed by atoms with Gasteiger partial charge in [0.05, 0.1) is 0 Å². The first-order chi connectivity index (χ1) is 10.7. The van der Waals surface area contributed by atoms with Crippen molar-refractivity contribution in [2.75, 3.05) is 18.4 Å². The molecule has 0 aromatic heterocycles. The first kappa shape index (κ1) is 19.8. The molecule has 0 atom stereocenters. The van der Waals surface area contributed by atoms with Crippen LogP contribution < -0.4 is 9.67 Å². The largest absolute Gasteiger partial charge is 0.454 e. The van der Waals surface area contributed by atoms with Gasteiger partial charge in [0.1, 0.15) is 0 Å². The number of anilines is 1. The maximum Gasteiger partial charge on any atom is 0.454 e. The van der Waals surface area contributed by atoms with Crippen molar-refractivity contribution < 1.29 is 31.6 Å². The van der Waals surface area contributed by atoms with E-state index in [0.717, 1.165) is 31.3 Å². The monoisotopic (exact) mass is 390 g/mol. The first-order valence-electron chi connectivity index (χ1n) is 6.89. The zero-order valence-corrected chi connectivity index (χ0v) is 14.6. The Morgan fingerprint density at radius 3 is 2.43 bits per heavy atom. The second-order valence-corrected chi connectivity index (χ2v) is 8.19. The van der Waals surface area contributed by atoms with E-state index in [1.165, 1.54) is 19.8 Å². The van der Waals surface area contributed by atoms with E-state index in [0.29, 0.717) is 0 Å². The van der Waals surface area contributed by atoms with Crippen LogP contribution in [0.2, 0.25) is 0 Å². The number of phenols is 1. The molecule has 0 radical (unpaired) electrons. The molecule has 1 fully saturated rings. The summed E-state index contributed by atoms with van der Waals surface area (Å²) in [5.41, 5.74) is -0.00951. The van der Waals surface area contributed by atoms with Crippen molar-refractivity contribution in [1.82, 2.24) is 5.06 Å². The SMILES string of the molecule is CC(=O)Nc1cc([As](=O)(O)O)ccc1O.OBON1CCCC1. The van der Waals surface area contributed by atoms with Gasteiger partial charge in [-0.25, -0.2) is 5.06 Å². The first-order valence-corrected chi connectivity index (χ1v) is 10.3. The number of carbonyl (C=O) groups excluding carboxylic acids is 1. The van der Waals surface area contributed by atoms with E-state index in [-0.39, 0.29) is 23.5 Å². The Hall–Kier alpha value is -1.29. The fourth-order valence-electron chi connectivity index (χ4n) is 1.89. The second kappa shape index (κ2) is 9.12. The predicted molar refractivity (Wildman–Crippen MR) is 84.2 cm³/mol. The van der Waals surface area contributed by atoms with Crippen molar-refractivity contribution in [3.05, 3.63) is 18.2 Å². The van der Waals surface area contributed by atoms with Crippen LogP contribution >= 0.6 is 0 Å². The van der Waals surface area contributed by atoms with Crippen molar-refractivity contribution in [1.29, 1.82) is 0 Å². The molecule has 1 aromatic rings. The van der Waals surface area contributed by atoms with Crippen LogP contribution in [0.5, 0.6) is 5.75 Å². The van der Waals surface area contributed by atoms with Crippen LogP contribution in [0, 0.1) is 0 Å². The van der Waals surface area contributed by atoms with E-state index in [4.69, 9.17) is 18.0 Å². The standard InChI is InChI=1S/C8H10AsNO5.C4H10BNO2/c1-5(11)10-7-4-6(9(13,14)15)2-3-8(7)12;7-5-8-6-3-1-2-4-6/h2-4,12H,1H3,(H,10,11)(H2,13,14,15);5,7H,1-4H2. The second-order valence-electron chi connectivity index (χ2n) is 4.82. The number of carbonyl (C=O) groups is 1. The third kappa shape index (κ3) is 7.21. The summed E-state index contributed by atoms with van der Waals surface area (Å²) >= 11 is -4.98. The molecule has 1 amide bonds. The Kier molecular flexibility index (Phi) is 7.83. The Morgan fingerprint density at radius 2 is 1.96 bits per heavy atom. The normalized spacial score (nSPS) is 14.8. The molecule has 128 valence electrons. The maximum atomic E-state index is 10.9. The fraction of sp³-hybridized carbons (Fsp3) is 0.417. The average molecular weight is 390 g/mol. The summed E-state index contributed by atoms with van der Waals surface area (Å²) in [6.07, 6.45) is 2.39. The Bertz CT molecular complexity index is 575. The van der Waals surface area contributed by atoms with Gasteiger partial charge >= 0.3 is 95.8 Å². The minimum atomic E-state index is -4.98. The molecule has 11 heteroatoms. The summed E-state index contributed by atoms with van der Waals surface area (Å²) in [6.45, 7) is 3.18. The van der Waals surface area contributed by atoms with Crippen molar-refractivity contribution in [3.63, 3.8) is 0 Å². The molecule has 1 aliphatic rings. The zero-order valence-electron chi connectivity index (χ0n) is 12.7. The van der Waals surface area contributed by atoms with E-state index < -0.39 is 20.1 Å². The van der Waals surface area contributed by atoms with Crippen LogP contribution in [0.3, 0.4) is 0 Å². The van der Waals surface area contributed by atoms with Crippen LogP contribution in [0.1, 0.15) is 19.8 Å². The van der Waals surface area contributed by atoms with Gasteiger partial charge in [-0.05, 0) is 12.8 Å². The molecule has 23 heavy (non-hydrogen) atoms. The van der Waals surface area contributed by atoms with Gasteiger partial charge in [-0.15, -0.1) is 0 Å². The summed E-state index contributed by atoms with van der Waals surface area (Å²) in [7, 11) is -0.181. The van der Waals surface area contributed by atoms with Gasteiger partial charge in [-0.1, -0.05) is 0 Å². The number of hydroxylamine groups is 2. The van der Waals surface area contributed by atoms with Crippen LogP contribution in [-0.4, -0.2) is 64.2 Å². The van der Waals surface area contributed by atoms with E-state index in [9.17, 15) is 13.6 Å². The summed E-state index contributed by atoms with van der Waals surface area (Å²) < 4.78 is 33.4. The molecule has 2 rings (SSSR count). The van der Waals surface area contributed by atoms with Crippen LogP contribution in [-0.2, 0) is 13.3 Å². The van der Waals surface area contributed by atoms with Crippen molar-refractivity contribution in [2.24, 2.45) is 0 Å².